The van der Waals surface area contributed by atoms with E-state index in [9.17, 15) is 4.79 Å². The number of aromatic carboxylic acids is 1. The number of hydrogen-bond donors (Lipinski definition) is 1. The fourth-order valence-corrected chi connectivity index (χ4v) is 3.26. The van der Waals surface area contributed by atoms with Crippen LogP contribution in [0.1, 0.15) is 23.1 Å². The van der Waals surface area contributed by atoms with Crippen LogP contribution in [0, 0.1) is 0 Å². The van der Waals surface area contributed by atoms with Crippen LogP contribution in [-0.2, 0) is 12.3 Å². The van der Waals surface area contributed by atoms with Crippen LogP contribution in [0.5, 0.6) is 0 Å². The molecular formula is C13H13BrN2O2S. The molecule has 0 bridgehead atoms. The predicted molar refractivity (Wildman–Crippen MR) is 78.6 cm³/mol. The van der Waals surface area contributed by atoms with E-state index in [1.807, 2.05) is 16.8 Å². The van der Waals surface area contributed by atoms with E-state index >= 15 is 0 Å². The van der Waals surface area contributed by atoms with Gasteiger partial charge in [0.2, 0.25) is 0 Å². The van der Waals surface area contributed by atoms with Crippen molar-refractivity contribution in [3.8, 4) is 0 Å². The van der Waals surface area contributed by atoms with Crippen molar-refractivity contribution in [1.82, 2.24) is 9.55 Å². The van der Waals surface area contributed by atoms with Gasteiger partial charge < -0.3 is 9.67 Å². The summed E-state index contributed by atoms with van der Waals surface area (Å²) in [5.74, 6) is 0.690. The normalized spacial score (nSPS) is 10.6. The van der Waals surface area contributed by atoms with Crippen molar-refractivity contribution in [2.24, 2.45) is 0 Å². The maximum absolute atomic E-state index is 11.2. The maximum atomic E-state index is 11.2. The monoisotopic (exact) mass is 340 g/mol. The zero-order chi connectivity index (χ0) is 13.8. The first kappa shape index (κ1) is 14.1. The number of carboxylic acids is 1. The SMILES string of the molecule is CCn1ccnc1CSc1cc(Br)ccc1C(=O)O. The third-order valence-corrected chi connectivity index (χ3v) is 4.22. The molecule has 0 fully saturated rings. The van der Waals surface area contributed by atoms with Crippen LogP contribution < -0.4 is 0 Å². The molecule has 0 aliphatic carbocycles. The van der Waals surface area contributed by atoms with Gasteiger partial charge in [0.05, 0.1) is 11.3 Å². The van der Waals surface area contributed by atoms with Crippen LogP contribution in [0.25, 0.3) is 0 Å². The van der Waals surface area contributed by atoms with E-state index in [0.29, 0.717) is 11.3 Å². The number of halogens is 1. The van der Waals surface area contributed by atoms with Crippen molar-refractivity contribution < 1.29 is 9.90 Å². The molecule has 0 atom stereocenters. The molecule has 19 heavy (non-hydrogen) atoms. The minimum atomic E-state index is -0.908. The lowest BCUT2D eigenvalue weighted by Crippen LogP contribution is -2.01. The Hall–Kier alpha value is -1.27. The van der Waals surface area contributed by atoms with Crippen molar-refractivity contribution in [1.29, 1.82) is 0 Å². The molecule has 2 rings (SSSR count). The van der Waals surface area contributed by atoms with Crippen molar-refractivity contribution in [3.05, 3.63) is 46.5 Å². The molecule has 2 aromatic rings. The highest BCUT2D eigenvalue weighted by Crippen LogP contribution is 2.29. The second kappa shape index (κ2) is 6.25. The standard InChI is InChI=1S/C13H13BrN2O2S/c1-2-16-6-5-15-12(16)8-19-11-7-9(14)3-4-10(11)13(17)18/h3-7H,2,8H2,1H3,(H,17,18). The minimum absolute atomic E-state index is 0.322. The molecule has 1 N–H and O–H groups in total. The highest BCUT2D eigenvalue weighted by molar-refractivity contribution is 9.10. The molecule has 0 aliphatic rings. The quantitative estimate of drug-likeness (QED) is 0.844. The molecule has 100 valence electrons. The average molecular weight is 341 g/mol. The first-order valence-electron chi connectivity index (χ1n) is 5.77. The molecule has 4 nitrogen and oxygen atoms in total. The number of nitrogens with zero attached hydrogens (tertiary/aromatic N) is 2. The van der Waals surface area contributed by atoms with Crippen molar-refractivity contribution in [3.63, 3.8) is 0 Å². The summed E-state index contributed by atoms with van der Waals surface area (Å²) in [4.78, 5) is 16.2. The largest absolute Gasteiger partial charge is 0.478 e. The number of hydrogen-bond acceptors (Lipinski definition) is 3. The summed E-state index contributed by atoms with van der Waals surface area (Å²) in [6.45, 7) is 2.91. The van der Waals surface area contributed by atoms with Crippen LogP contribution in [0.3, 0.4) is 0 Å². The first-order chi connectivity index (χ1) is 9.11. The average Bonchev–Trinajstić information content (AvgIpc) is 2.83. The topological polar surface area (TPSA) is 55.1 Å². The second-order valence-corrected chi connectivity index (χ2v) is 5.80. The molecule has 0 saturated carbocycles. The molecule has 0 amide bonds. The van der Waals surface area contributed by atoms with Gasteiger partial charge in [-0.3, -0.25) is 0 Å². The highest BCUT2D eigenvalue weighted by atomic mass is 79.9. The van der Waals surface area contributed by atoms with Gasteiger partial charge in [-0.25, -0.2) is 9.78 Å². The van der Waals surface area contributed by atoms with Crippen molar-refractivity contribution in [2.45, 2.75) is 24.1 Å². The summed E-state index contributed by atoms with van der Waals surface area (Å²) in [7, 11) is 0. The number of thioether (sulfide) groups is 1. The zero-order valence-electron chi connectivity index (χ0n) is 10.3. The number of aryl methyl sites for hydroxylation is 1. The number of aromatic nitrogens is 2. The molecule has 0 aliphatic heterocycles. The Morgan fingerprint density at radius 2 is 2.32 bits per heavy atom. The molecule has 1 aromatic carbocycles. The summed E-state index contributed by atoms with van der Waals surface area (Å²) in [6, 6.07) is 5.18. The third-order valence-electron chi connectivity index (χ3n) is 2.67. The van der Waals surface area contributed by atoms with Gasteiger partial charge in [-0.1, -0.05) is 15.9 Å². The molecule has 0 saturated heterocycles. The number of imidazole rings is 1. The maximum Gasteiger partial charge on any atom is 0.336 e. The highest BCUT2D eigenvalue weighted by Gasteiger charge is 2.12. The lowest BCUT2D eigenvalue weighted by Gasteiger charge is -2.07. The lowest BCUT2D eigenvalue weighted by molar-refractivity contribution is 0.0693. The van der Waals surface area contributed by atoms with Crippen molar-refractivity contribution in [2.75, 3.05) is 0 Å². The Balaban J connectivity index is 2.19. The van der Waals surface area contributed by atoms with Crippen LogP contribution in [0.15, 0.2) is 40.0 Å². The molecule has 0 spiro atoms. The Morgan fingerprint density at radius 1 is 1.53 bits per heavy atom. The van der Waals surface area contributed by atoms with Crippen LogP contribution in [0.2, 0.25) is 0 Å². The minimum Gasteiger partial charge on any atom is -0.478 e. The Labute approximate surface area is 124 Å². The summed E-state index contributed by atoms with van der Waals surface area (Å²) < 4.78 is 2.92. The Kier molecular flexibility index (Phi) is 4.66. The summed E-state index contributed by atoms with van der Waals surface area (Å²) in [5.41, 5.74) is 0.322. The van der Waals surface area contributed by atoms with E-state index < -0.39 is 5.97 Å². The van der Waals surface area contributed by atoms with E-state index in [1.54, 1.807) is 18.3 Å². The van der Waals surface area contributed by atoms with Gasteiger partial charge in [0.1, 0.15) is 5.82 Å². The molecule has 0 unspecified atom stereocenters. The third kappa shape index (κ3) is 3.39. The van der Waals surface area contributed by atoms with Gasteiger partial charge >= 0.3 is 5.97 Å². The van der Waals surface area contributed by atoms with E-state index in [0.717, 1.165) is 21.7 Å². The van der Waals surface area contributed by atoms with Crippen LogP contribution >= 0.6 is 27.7 Å². The Morgan fingerprint density at radius 3 is 3.00 bits per heavy atom. The zero-order valence-corrected chi connectivity index (χ0v) is 12.7. The van der Waals surface area contributed by atoms with Gasteiger partial charge in [0, 0.05) is 28.3 Å². The van der Waals surface area contributed by atoms with E-state index in [1.165, 1.54) is 11.8 Å². The van der Waals surface area contributed by atoms with Crippen molar-refractivity contribution >= 4 is 33.7 Å². The van der Waals surface area contributed by atoms with Gasteiger partial charge in [-0.05, 0) is 25.1 Å². The van der Waals surface area contributed by atoms with E-state index in [-0.39, 0.29) is 0 Å². The van der Waals surface area contributed by atoms with Gasteiger partial charge in [-0.15, -0.1) is 11.8 Å². The second-order valence-electron chi connectivity index (χ2n) is 3.86. The Bertz CT molecular complexity index is 598. The predicted octanol–water partition coefficient (Wildman–Crippen LogP) is 3.66. The number of carbonyl (C=O) groups is 1. The van der Waals surface area contributed by atoms with Gasteiger partial charge in [0.15, 0.2) is 0 Å². The molecule has 1 heterocycles. The molecule has 1 aromatic heterocycles. The summed E-state index contributed by atoms with van der Waals surface area (Å²) in [5, 5.41) is 9.17. The molecular weight excluding hydrogens is 328 g/mol. The number of carboxylic acid groups (broad SMARTS) is 1. The molecule has 6 heteroatoms. The number of rotatable bonds is 5. The summed E-state index contributed by atoms with van der Waals surface area (Å²) >= 11 is 4.85. The van der Waals surface area contributed by atoms with E-state index in [4.69, 9.17) is 5.11 Å². The fourth-order valence-electron chi connectivity index (χ4n) is 1.70. The van der Waals surface area contributed by atoms with Crippen LogP contribution in [-0.4, -0.2) is 20.6 Å². The van der Waals surface area contributed by atoms with E-state index in [2.05, 4.69) is 27.8 Å². The van der Waals surface area contributed by atoms with Gasteiger partial charge in [0.25, 0.3) is 0 Å². The molecule has 0 radical (unpaired) electrons. The summed E-state index contributed by atoms with van der Waals surface area (Å²) in [6.07, 6.45) is 3.69. The number of benzene rings is 1. The first-order valence-corrected chi connectivity index (χ1v) is 7.55. The van der Waals surface area contributed by atoms with Crippen LogP contribution in [0.4, 0.5) is 0 Å². The van der Waals surface area contributed by atoms with Gasteiger partial charge in [-0.2, -0.15) is 0 Å². The lowest BCUT2D eigenvalue weighted by atomic mass is 10.2. The fraction of sp³-hybridized carbons (Fsp3) is 0.231. The smallest absolute Gasteiger partial charge is 0.336 e.